The maximum Gasteiger partial charge on any atom is -0.0269 e. The molecule has 0 aliphatic heterocycles. The zero-order chi connectivity index (χ0) is 17.6. The van der Waals surface area contributed by atoms with E-state index >= 15 is 0 Å². The van der Waals surface area contributed by atoms with Gasteiger partial charge in [-0.05, 0) is 80.5 Å². The molecule has 2 bridgehead atoms. The van der Waals surface area contributed by atoms with E-state index in [1.165, 1.54) is 44.9 Å². The second kappa shape index (κ2) is 9.27. The normalized spacial score (nSPS) is 38.2. The third-order valence-electron chi connectivity index (χ3n) is 8.95. The molecule has 4 aliphatic rings. The Morgan fingerprint density at radius 2 is 1.24 bits per heavy atom. The summed E-state index contributed by atoms with van der Waals surface area (Å²) < 4.78 is 0. The van der Waals surface area contributed by atoms with Crippen LogP contribution in [0.2, 0.25) is 0 Å². The molecule has 0 atom stereocenters. The third-order valence-corrected chi connectivity index (χ3v) is 8.95. The molecule has 0 saturated heterocycles. The molecule has 0 amide bonds. The highest BCUT2D eigenvalue weighted by atomic mass is 14.6. The summed E-state index contributed by atoms with van der Waals surface area (Å²) in [7, 11) is 0. The van der Waals surface area contributed by atoms with E-state index in [9.17, 15) is 0 Å². The highest BCUT2D eigenvalue weighted by Gasteiger charge is 2.51. The monoisotopic (exact) mass is 346 g/mol. The lowest BCUT2D eigenvalue weighted by atomic mass is 9.47. The van der Waals surface area contributed by atoms with Crippen molar-refractivity contribution in [1.82, 2.24) is 0 Å². The summed E-state index contributed by atoms with van der Waals surface area (Å²) in [6, 6.07) is 0. The van der Waals surface area contributed by atoms with E-state index in [2.05, 4.69) is 13.8 Å². The van der Waals surface area contributed by atoms with Gasteiger partial charge in [-0.1, -0.05) is 78.1 Å². The van der Waals surface area contributed by atoms with Gasteiger partial charge in [-0.2, -0.15) is 0 Å². The quantitative estimate of drug-likeness (QED) is 0.347. The van der Waals surface area contributed by atoms with Gasteiger partial charge >= 0.3 is 0 Å². The maximum absolute atomic E-state index is 2.37. The van der Waals surface area contributed by atoms with Crippen LogP contribution < -0.4 is 0 Å². The van der Waals surface area contributed by atoms with Crippen LogP contribution >= 0.6 is 0 Å². The Bertz CT molecular complexity index is 349. The van der Waals surface area contributed by atoms with E-state index in [4.69, 9.17) is 0 Å². The van der Waals surface area contributed by atoms with Crippen LogP contribution in [0.15, 0.2) is 0 Å². The van der Waals surface area contributed by atoms with Crippen LogP contribution in [0.3, 0.4) is 0 Å². The minimum absolute atomic E-state index is 0.799. The first-order valence-electron chi connectivity index (χ1n) is 12.2. The maximum atomic E-state index is 2.37. The summed E-state index contributed by atoms with van der Waals surface area (Å²) >= 11 is 0. The van der Waals surface area contributed by atoms with E-state index < -0.39 is 0 Å². The molecule has 25 heavy (non-hydrogen) atoms. The Morgan fingerprint density at radius 1 is 0.640 bits per heavy atom. The lowest BCUT2D eigenvalue weighted by Gasteiger charge is -2.58. The smallest absolute Gasteiger partial charge is 0.0269 e. The van der Waals surface area contributed by atoms with Crippen molar-refractivity contribution < 1.29 is 0 Å². The molecule has 0 aromatic carbocycles. The predicted octanol–water partition coefficient (Wildman–Crippen LogP) is 8.68. The predicted molar refractivity (Wildman–Crippen MR) is 111 cm³/mol. The van der Waals surface area contributed by atoms with Crippen molar-refractivity contribution in [3.8, 4) is 0 Å². The fourth-order valence-electron chi connectivity index (χ4n) is 6.93. The van der Waals surface area contributed by atoms with Gasteiger partial charge in [-0.15, -0.1) is 0 Å². The molecule has 0 heteroatoms. The van der Waals surface area contributed by atoms with Crippen LogP contribution in [0.25, 0.3) is 0 Å². The Labute approximate surface area is 158 Å². The summed E-state index contributed by atoms with van der Waals surface area (Å²) in [6.45, 7) is 4.69. The van der Waals surface area contributed by atoms with E-state index in [-0.39, 0.29) is 0 Å². The zero-order valence-electron chi connectivity index (χ0n) is 17.6. The van der Waals surface area contributed by atoms with Crippen molar-refractivity contribution in [2.24, 2.45) is 22.7 Å². The molecule has 0 N–H and O–H groups in total. The second-order valence-corrected chi connectivity index (χ2v) is 10.4. The minimum atomic E-state index is 0.799. The highest BCUT2D eigenvalue weighted by molar-refractivity contribution is 5.02. The SMILES string of the molecule is CCCCCCC[C@H]1CC[C@H](C23CCC(CCCC)(CC2)CC3)CC1. The topological polar surface area (TPSA) is 0 Å². The van der Waals surface area contributed by atoms with Gasteiger partial charge in [0.1, 0.15) is 0 Å². The molecule has 0 aromatic heterocycles. The van der Waals surface area contributed by atoms with E-state index in [0.717, 1.165) is 22.7 Å². The van der Waals surface area contributed by atoms with Gasteiger partial charge in [0.15, 0.2) is 0 Å². The van der Waals surface area contributed by atoms with Gasteiger partial charge in [-0.25, -0.2) is 0 Å². The van der Waals surface area contributed by atoms with Crippen molar-refractivity contribution >= 4 is 0 Å². The minimum Gasteiger partial charge on any atom is -0.0654 e. The van der Waals surface area contributed by atoms with Gasteiger partial charge in [-0.3, -0.25) is 0 Å². The number of unbranched alkanes of at least 4 members (excludes halogenated alkanes) is 5. The summed E-state index contributed by atoms with van der Waals surface area (Å²) in [5.74, 6) is 2.19. The summed E-state index contributed by atoms with van der Waals surface area (Å²) in [6.07, 6.45) is 29.2. The average molecular weight is 347 g/mol. The number of hydrogen-bond acceptors (Lipinski definition) is 0. The summed E-state index contributed by atoms with van der Waals surface area (Å²) in [5.41, 5.74) is 1.60. The first-order chi connectivity index (χ1) is 12.2. The summed E-state index contributed by atoms with van der Waals surface area (Å²) in [5, 5.41) is 0. The van der Waals surface area contributed by atoms with Crippen LogP contribution in [0, 0.1) is 22.7 Å². The fourth-order valence-corrected chi connectivity index (χ4v) is 6.93. The van der Waals surface area contributed by atoms with E-state index in [1.807, 2.05) is 0 Å². The van der Waals surface area contributed by atoms with Gasteiger partial charge < -0.3 is 0 Å². The van der Waals surface area contributed by atoms with Gasteiger partial charge in [0.25, 0.3) is 0 Å². The molecular formula is C25H46. The van der Waals surface area contributed by atoms with E-state index in [0.29, 0.717) is 0 Å². The fraction of sp³-hybridized carbons (Fsp3) is 1.00. The largest absolute Gasteiger partial charge is 0.0654 e. The molecule has 0 nitrogen and oxygen atoms in total. The first-order valence-corrected chi connectivity index (χ1v) is 12.2. The average Bonchev–Trinajstić information content (AvgIpc) is 2.68. The van der Waals surface area contributed by atoms with Gasteiger partial charge in [0, 0.05) is 0 Å². The second-order valence-electron chi connectivity index (χ2n) is 10.4. The molecule has 146 valence electrons. The Hall–Kier alpha value is 0. The first kappa shape index (κ1) is 19.8. The zero-order valence-corrected chi connectivity index (χ0v) is 17.6. The van der Waals surface area contributed by atoms with Crippen molar-refractivity contribution in [3.05, 3.63) is 0 Å². The summed E-state index contributed by atoms with van der Waals surface area (Å²) in [4.78, 5) is 0. The van der Waals surface area contributed by atoms with Crippen LogP contribution in [0.1, 0.15) is 136 Å². The molecular weight excluding hydrogens is 300 g/mol. The lowest BCUT2D eigenvalue weighted by Crippen LogP contribution is -2.46. The third kappa shape index (κ3) is 4.84. The molecule has 4 aliphatic carbocycles. The number of hydrogen-bond donors (Lipinski definition) is 0. The van der Waals surface area contributed by atoms with Crippen LogP contribution in [-0.4, -0.2) is 0 Å². The molecule has 0 radical (unpaired) electrons. The van der Waals surface area contributed by atoms with Crippen LogP contribution in [0.5, 0.6) is 0 Å². The molecule has 0 aromatic rings. The Balaban J connectivity index is 1.39. The molecule has 4 rings (SSSR count). The van der Waals surface area contributed by atoms with Crippen molar-refractivity contribution in [3.63, 3.8) is 0 Å². The van der Waals surface area contributed by atoms with Crippen molar-refractivity contribution in [2.75, 3.05) is 0 Å². The van der Waals surface area contributed by atoms with E-state index in [1.54, 1.807) is 77.0 Å². The number of rotatable bonds is 10. The van der Waals surface area contributed by atoms with Crippen LogP contribution in [0.4, 0.5) is 0 Å². The molecule has 0 heterocycles. The standard InChI is InChI=1S/C25H46/c1-3-5-7-8-9-10-22-11-13-23(14-12-22)25-19-16-24(17-20-25,18-21-25)15-6-4-2/h22-23H,3-21H2,1-2H3/t22-,23-,24?,25?. The molecule has 0 spiro atoms. The van der Waals surface area contributed by atoms with Gasteiger partial charge in [0.2, 0.25) is 0 Å². The van der Waals surface area contributed by atoms with Crippen molar-refractivity contribution in [2.45, 2.75) is 136 Å². The Kier molecular flexibility index (Phi) is 7.33. The number of fused-ring (bicyclic) bond motifs is 3. The lowest BCUT2D eigenvalue weighted by molar-refractivity contribution is -0.0653. The molecule has 4 saturated carbocycles. The molecule has 4 fully saturated rings. The highest BCUT2D eigenvalue weighted by Crippen LogP contribution is 2.63. The van der Waals surface area contributed by atoms with Crippen LogP contribution in [-0.2, 0) is 0 Å². The van der Waals surface area contributed by atoms with Gasteiger partial charge in [0.05, 0.1) is 0 Å². The Morgan fingerprint density at radius 3 is 1.84 bits per heavy atom. The van der Waals surface area contributed by atoms with Crippen molar-refractivity contribution in [1.29, 1.82) is 0 Å². The molecule has 0 unspecified atom stereocenters.